The molecule has 0 atom stereocenters. The lowest BCUT2D eigenvalue weighted by Crippen LogP contribution is -2.37. The van der Waals surface area contributed by atoms with Gasteiger partial charge in [-0.15, -0.1) is 24.0 Å². The summed E-state index contributed by atoms with van der Waals surface area (Å²) < 4.78 is 5.81. The Morgan fingerprint density at radius 3 is 2.47 bits per heavy atom. The Labute approximate surface area is 218 Å². The highest BCUT2D eigenvalue weighted by Crippen LogP contribution is 2.12. The van der Waals surface area contributed by atoms with Crippen LogP contribution in [0.1, 0.15) is 27.0 Å². The summed E-state index contributed by atoms with van der Waals surface area (Å²) in [6.07, 6.45) is 2.53. The number of ether oxygens (including phenoxy) is 1. The molecule has 1 amide bonds. The van der Waals surface area contributed by atoms with Gasteiger partial charge < -0.3 is 20.3 Å². The van der Waals surface area contributed by atoms with Gasteiger partial charge in [0.05, 0.1) is 0 Å². The summed E-state index contributed by atoms with van der Waals surface area (Å²) in [5.74, 6) is 1.30. The fourth-order valence-electron chi connectivity index (χ4n) is 3.22. The molecule has 34 heavy (non-hydrogen) atoms. The normalized spacial score (nSPS) is 10.7. The maximum Gasteiger partial charge on any atom is 0.253 e. The molecule has 0 saturated carbocycles. The van der Waals surface area contributed by atoms with Crippen LogP contribution < -0.4 is 15.4 Å². The lowest BCUT2D eigenvalue weighted by Gasteiger charge is -2.13. The predicted octanol–water partition coefficient (Wildman–Crippen LogP) is 3.89. The highest BCUT2D eigenvalue weighted by Gasteiger charge is 2.08. The zero-order valence-corrected chi connectivity index (χ0v) is 22.2. The van der Waals surface area contributed by atoms with Crippen molar-refractivity contribution in [1.29, 1.82) is 0 Å². The molecule has 2 N–H and O–H groups in total. The van der Waals surface area contributed by atoms with Gasteiger partial charge in [-0.1, -0.05) is 42.5 Å². The van der Waals surface area contributed by atoms with E-state index in [4.69, 9.17) is 4.74 Å². The van der Waals surface area contributed by atoms with Crippen molar-refractivity contribution in [3.05, 3.63) is 95.2 Å². The van der Waals surface area contributed by atoms with Crippen molar-refractivity contribution < 1.29 is 9.53 Å². The van der Waals surface area contributed by atoms with Crippen LogP contribution in [-0.2, 0) is 19.6 Å². The summed E-state index contributed by atoms with van der Waals surface area (Å²) in [6.45, 7) is 1.77. The lowest BCUT2D eigenvalue weighted by molar-refractivity contribution is 0.0827. The summed E-state index contributed by atoms with van der Waals surface area (Å²) in [5, 5.41) is 6.63. The van der Waals surface area contributed by atoms with Gasteiger partial charge in [0.2, 0.25) is 5.88 Å². The van der Waals surface area contributed by atoms with Crippen molar-refractivity contribution >= 4 is 35.8 Å². The second-order valence-electron chi connectivity index (χ2n) is 7.78. The van der Waals surface area contributed by atoms with E-state index in [1.807, 2.05) is 66.7 Å². The Bertz CT molecular complexity index is 1070. The van der Waals surface area contributed by atoms with Gasteiger partial charge in [0, 0.05) is 52.1 Å². The molecule has 0 radical (unpaired) electrons. The number of nitrogens with zero attached hydrogens (tertiary/aromatic N) is 3. The smallest absolute Gasteiger partial charge is 0.253 e. The molecular weight excluding hydrogens is 541 g/mol. The Morgan fingerprint density at radius 1 is 0.971 bits per heavy atom. The maximum atomic E-state index is 12.1. The molecule has 0 saturated heterocycles. The van der Waals surface area contributed by atoms with Gasteiger partial charge in [-0.3, -0.25) is 9.79 Å². The van der Waals surface area contributed by atoms with E-state index in [2.05, 4.69) is 20.6 Å². The maximum absolute atomic E-state index is 12.1. The van der Waals surface area contributed by atoms with Crippen molar-refractivity contribution in [3.63, 3.8) is 0 Å². The third kappa shape index (κ3) is 8.66. The number of carbonyl (C=O) groups is 1. The van der Waals surface area contributed by atoms with Crippen LogP contribution in [0.5, 0.6) is 5.88 Å². The van der Waals surface area contributed by atoms with E-state index in [9.17, 15) is 4.79 Å². The fraction of sp³-hybridized carbons (Fsp3) is 0.269. The van der Waals surface area contributed by atoms with E-state index in [1.165, 1.54) is 0 Å². The minimum atomic E-state index is 0. The van der Waals surface area contributed by atoms with Gasteiger partial charge in [-0.25, -0.2) is 4.98 Å². The minimum absolute atomic E-state index is 0. The van der Waals surface area contributed by atoms with Crippen LogP contribution in [0.15, 0.2) is 77.9 Å². The van der Waals surface area contributed by atoms with Crippen LogP contribution in [0.25, 0.3) is 0 Å². The minimum Gasteiger partial charge on any atom is -0.473 e. The van der Waals surface area contributed by atoms with E-state index in [-0.39, 0.29) is 29.9 Å². The fourth-order valence-corrected chi connectivity index (χ4v) is 3.22. The average Bonchev–Trinajstić information content (AvgIpc) is 2.85. The average molecular weight is 573 g/mol. The molecule has 0 aliphatic rings. The Balaban J connectivity index is 0.00000408. The van der Waals surface area contributed by atoms with Crippen LogP contribution in [0.3, 0.4) is 0 Å². The molecule has 180 valence electrons. The molecule has 0 spiro atoms. The zero-order valence-electron chi connectivity index (χ0n) is 19.8. The quantitative estimate of drug-likeness (QED) is 0.231. The summed E-state index contributed by atoms with van der Waals surface area (Å²) >= 11 is 0. The van der Waals surface area contributed by atoms with Crippen molar-refractivity contribution in [3.8, 4) is 5.88 Å². The van der Waals surface area contributed by atoms with E-state index in [1.54, 1.807) is 32.2 Å². The molecule has 1 heterocycles. The number of halogens is 1. The monoisotopic (exact) mass is 573 g/mol. The second kappa shape index (κ2) is 14.2. The summed E-state index contributed by atoms with van der Waals surface area (Å²) in [7, 11) is 5.26. The molecule has 0 bridgehead atoms. The third-order valence-electron chi connectivity index (χ3n) is 5.00. The van der Waals surface area contributed by atoms with Gasteiger partial charge in [-0.2, -0.15) is 0 Å². The Morgan fingerprint density at radius 2 is 1.74 bits per heavy atom. The number of hydrogen-bond acceptors (Lipinski definition) is 4. The Kier molecular flexibility index (Phi) is 11.3. The standard InChI is InChI=1S/C26H31N5O2.HI/c1-27-26(29-15-12-20-10-7-11-23(16-20)25(32)31(2)3)30-18-22-13-14-28-24(17-22)33-19-21-8-5-4-6-9-21;/h4-11,13-14,16-17H,12,15,18-19H2,1-3H3,(H2,27,29,30);1H. The van der Waals surface area contributed by atoms with Crippen molar-refractivity contribution in [2.75, 3.05) is 27.7 Å². The molecule has 1 aromatic heterocycles. The number of amides is 1. The first-order valence-corrected chi connectivity index (χ1v) is 10.9. The molecule has 0 aliphatic carbocycles. The highest BCUT2D eigenvalue weighted by atomic mass is 127. The molecule has 0 unspecified atom stereocenters. The molecule has 0 aliphatic heterocycles. The largest absolute Gasteiger partial charge is 0.473 e. The molecule has 8 heteroatoms. The van der Waals surface area contributed by atoms with Crippen LogP contribution in [0.4, 0.5) is 0 Å². The number of hydrogen-bond donors (Lipinski definition) is 2. The van der Waals surface area contributed by atoms with Crippen LogP contribution in [0.2, 0.25) is 0 Å². The van der Waals surface area contributed by atoms with Crippen LogP contribution >= 0.6 is 24.0 Å². The molecular formula is C26H32IN5O2. The van der Waals surface area contributed by atoms with Gasteiger partial charge >= 0.3 is 0 Å². The van der Waals surface area contributed by atoms with Gasteiger partial charge in [-0.05, 0) is 41.3 Å². The number of pyridine rings is 1. The van der Waals surface area contributed by atoms with Crippen molar-refractivity contribution in [1.82, 2.24) is 20.5 Å². The molecule has 3 rings (SSSR count). The number of benzene rings is 2. The number of guanidine groups is 1. The van der Waals surface area contributed by atoms with Crippen LogP contribution in [-0.4, -0.2) is 49.4 Å². The summed E-state index contributed by atoms with van der Waals surface area (Å²) in [6, 6.07) is 21.6. The highest BCUT2D eigenvalue weighted by molar-refractivity contribution is 14.0. The van der Waals surface area contributed by atoms with Gasteiger partial charge in [0.25, 0.3) is 5.91 Å². The van der Waals surface area contributed by atoms with Gasteiger partial charge in [0.1, 0.15) is 6.61 Å². The molecule has 3 aromatic rings. The number of carbonyl (C=O) groups excluding carboxylic acids is 1. The number of aromatic nitrogens is 1. The van der Waals surface area contributed by atoms with E-state index >= 15 is 0 Å². The van der Waals surface area contributed by atoms with E-state index < -0.39 is 0 Å². The number of aliphatic imine (C=N–C) groups is 1. The predicted molar refractivity (Wildman–Crippen MR) is 147 cm³/mol. The van der Waals surface area contributed by atoms with E-state index in [0.717, 1.165) is 23.1 Å². The number of rotatable bonds is 9. The molecule has 7 nitrogen and oxygen atoms in total. The zero-order chi connectivity index (χ0) is 23.5. The summed E-state index contributed by atoms with van der Waals surface area (Å²) in [4.78, 5) is 22.3. The van der Waals surface area contributed by atoms with Gasteiger partial charge in [0.15, 0.2) is 5.96 Å². The second-order valence-corrected chi connectivity index (χ2v) is 7.78. The third-order valence-corrected chi connectivity index (χ3v) is 5.00. The van der Waals surface area contributed by atoms with Crippen molar-refractivity contribution in [2.24, 2.45) is 4.99 Å². The molecule has 2 aromatic carbocycles. The first-order valence-electron chi connectivity index (χ1n) is 10.9. The summed E-state index contributed by atoms with van der Waals surface area (Å²) in [5.41, 5.74) is 3.94. The SMILES string of the molecule is CN=C(NCCc1cccc(C(=O)N(C)C)c1)NCc1ccnc(OCc2ccccc2)c1.I. The van der Waals surface area contributed by atoms with Crippen molar-refractivity contribution in [2.45, 2.75) is 19.6 Å². The van der Waals surface area contributed by atoms with E-state index in [0.29, 0.717) is 37.1 Å². The first kappa shape index (κ1) is 27.1. The number of nitrogens with one attached hydrogen (secondary N) is 2. The lowest BCUT2D eigenvalue weighted by atomic mass is 10.1. The topological polar surface area (TPSA) is 78.9 Å². The van der Waals surface area contributed by atoms with Crippen LogP contribution in [0, 0.1) is 0 Å². The first-order chi connectivity index (χ1) is 16.0. The Hall–Kier alpha value is -3.14. The molecule has 0 fully saturated rings.